The fourth-order valence-electron chi connectivity index (χ4n) is 2.41. The largest absolute Gasteiger partial charge is 0.368 e. The maximum Gasteiger partial charge on any atom is 0.224 e. The lowest BCUT2D eigenvalue weighted by Crippen LogP contribution is -2.09. The van der Waals surface area contributed by atoms with Crippen LogP contribution >= 0.6 is 0 Å². The summed E-state index contributed by atoms with van der Waals surface area (Å²) in [5.41, 5.74) is 7.43. The number of nitrogens with one attached hydrogen (secondary N) is 1. The van der Waals surface area contributed by atoms with Crippen LogP contribution < -0.4 is 11.1 Å². The zero-order valence-electron chi connectivity index (χ0n) is 10.5. The summed E-state index contributed by atoms with van der Waals surface area (Å²) in [5.74, 6) is 1.05. The molecule has 2 aliphatic rings. The number of allylic oxidation sites excluding steroid dienone is 2. The molecule has 1 atom stereocenters. The lowest BCUT2D eigenvalue weighted by molar-refractivity contribution is 0.632. The van der Waals surface area contributed by atoms with Crippen molar-refractivity contribution in [3.8, 4) is 0 Å². The van der Waals surface area contributed by atoms with Gasteiger partial charge in [0.15, 0.2) is 17.0 Å². The maximum absolute atomic E-state index is 5.82. The molecule has 0 unspecified atom stereocenters. The molecule has 2 aromatic rings. The van der Waals surface area contributed by atoms with Crippen LogP contribution in [0.1, 0.15) is 25.3 Å². The Morgan fingerprint density at radius 2 is 2.21 bits per heavy atom. The first-order chi connectivity index (χ1) is 9.31. The van der Waals surface area contributed by atoms with Crippen LogP contribution in [-0.4, -0.2) is 25.6 Å². The van der Waals surface area contributed by atoms with Crippen LogP contribution in [0.15, 0.2) is 18.5 Å². The van der Waals surface area contributed by atoms with Gasteiger partial charge in [0.25, 0.3) is 0 Å². The van der Waals surface area contributed by atoms with Gasteiger partial charge in [-0.2, -0.15) is 9.97 Å². The van der Waals surface area contributed by atoms with Crippen molar-refractivity contribution in [1.29, 1.82) is 0 Å². The second-order valence-corrected chi connectivity index (χ2v) is 5.10. The highest BCUT2D eigenvalue weighted by molar-refractivity contribution is 5.84. The van der Waals surface area contributed by atoms with Gasteiger partial charge in [0.2, 0.25) is 5.95 Å². The van der Waals surface area contributed by atoms with Crippen molar-refractivity contribution in [2.45, 2.75) is 31.3 Å². The molecular weight excluding hydrogens is 240 g/mol. The van der Waals surface area contributed by atoms with E-state index in [2.05, 4.69) is 43.4 Å². The second kappa shape index (κ2) is 3.94. The molecule has 2 heterocycles. The van der Waals surface area contributed by atoms with Crippen LogP contribution in [0.2, 0.25) is 0 Å². The minimum absolute atomic E-state index is 0.285. The fourth-order valence-corrected chi connectivity index (χ4v) is 2.41. The van der Waals surface area contributed by atoms with Crippen molar-refractivity contribution in [1.82, 2.24) is 19.5 Å². The van der Waals surface area contributed by atoms with E-state index in [1.807, 2.05) is 6.33 Å². The molecule has 2 aliphatic carbocycles. The first-order valence-electron chi connectivity index (χ1n) is 6.58. The number of fused-ring (bicyclic) bond motifs is 1. The average molecular weight is 255 g/mol. The molecule has 0 spiro atoms. The minimum Gasteiger partial charge on any atom is -0.368 e. The Hall–Kier alpha value is -2.11. The molecule has 6 heteroatoms. The van der Waals surface area contributed by atoms with Crippen molar-refractivity contribution in [2.75, 3.05) is 11.1 Å². The van der Waals surface area contributed by atoms with E-state index < -0.39 is 0 Å². The zero-order chi connectivity index (χ0) is 12.8. The third-order valence-corrected chi connectivity index (χ3v) is 3.56. The molecule has 2 aromatic heterocycles. The zero-order valence-corrected chi connectivity index (χ0v) is 10.5. The summed E-state index contributed by atoms with van der Waals surface area (Å²) in [5, 5.41) is 3.37. The molecule has 4 rings (SSSR count). The highest BCUT2D eigenvalue weighted by Gasteiger charge is 2.24. The van der Waals surface area contributed by atoms with Gasteiger partial charge in [-0.15, -0.1) is 0 Å². The van der Waals surface area contributed by atoms with Gasteiger partial charge in [0, 0.05) is 6.04 Å². The average Bonchev–Trinajstić information content (AvgIpc) is 2.91. The number of anilines is 2. The molecule has 1 saturated carbocycles. The predicted octanol–water partition coefficient (Wildman–Crippen LogP) is 1.69. The Morgan fingerprint density at radius 1 is 1.32 bits per heavy atom. The van der Waals surface area contributed by atoms with Crippen LogP contribution in [-0.2, 0) is 0 Å². The lowest BCUT2D eigenvalue weighted by Gasteiger charge is -2.11. The van der Waals surface area contributed by atoms with Crippen LogP contribution in [0.4, 0.5) is 11.8 Å². The molecule has 97 valence electrons. The fraction of sp³-hybridized carbons (Fsp3) is 0.385. The van der Waals surface area contributed by atoms with Crippen molar-refractivity contribution in [3.63, 3.8) is 0 Å². The van der Waals surface area contributed by atoms with Gasteiger partial charge in [-0.3, -0.25) is 0 Å². The van der Waals surface area contributed by atoms with Crippen LogP contribution in [0.25, 0.3) is 11.2 Å². The molecule has 3 N–H and O–H groups in total. The van der Waals surface area contributed by atoms with E-state index in [1.54, 1.807) is 0 Å². The molecule has 6 nitrogen and oxygen atoms in total. The Bertz CT molecular complexity index is 654. The molecule has 1 fully saturated rings. The van der Waals surface area contributed by atoms with Gasteiger partial charge in [0.1, 0.15) is 0 Å². The first-order valence-corrected chi connectivity index (χ1v) is 6.58. The van der Waals surface area contributed by atoms with Crippen LogP contribution in [0.3, 0.4) is 0 Å². The van der Waals surface area contributed by atoms with Gasteiger partial charge in [-0.25, -0.2) is 4.98 Å². The quantitative estimate of drug-likeness (QED) is 0.872. The van der Waals surface area contributed by atoms with Crippen LogP contribution in [0.5, 0.6) is 0 Å². The van der Waals surface area contributed by atoms with Gasteiger partial charge in [-0.1, -0.05) is 12.2 Å². The molecule has 0 saturated heterocycles. The third-order valence-electron chi connectivity index (χ3n) is 3.56. The number of nitrogen functional groups attached to an aromatic ring is 1. The highest BCUT2D eigenvalue weighted by Crippen LogP contribution is 2.30. The standard InChI is InChI=1S/C13H15N6/c14-13-17-11(16-8-5-6-8)10-12(18-13)19(7-15-10)9-3-1-2-4-9/h1-3,7-9H,4-6H2,(H3,14,16,17,18)/t9-/m0/s1. The van der Waals surface area contributed by atoms with Gasteiger partial charge in [-0.05, 0) is 25.7 Å². The number of imidazole rings is 1. The van der Waals surface area contributed by atoms with Gasteiger partial charge < -0.3 is 15.6 Å². The molecule has 0 aromatic carbocycles. The maximum atomic E-state index is 5.82. The van der Waals surface area contributed by atoms with Gasteiger partial charge in [0.05, 0.1) is 12.4 Å². The van der Waals surface area contributed by atoms with Crippen molar-refractivity contribution in [2.24, 2.45) is 0 Å². The van der Waals surface area contributed by atoms with E-state index >= 15 is 0 Å². The number of nitrogens with zero attached hydrogens (tertiary/aromatic N) is 4. The van der Waals surface area contributed by atoms with Gasteiger partial charge >= 0.3 is 0 Å². The smallest absolute Gasteiger partial charge is 0.224 e. The number of aromatic nitrogens is 4. The third kappa shape index (κ3) is 1.83. The molecule has 19 heavy (non-hydrogen) atoms. The topological polar surface area (TPSA) is 81.6 Å². The van der Waals surface area contributed by atoms with Crippen molar-refractivity contribution in [3.05, 3.63) is 24.9 Å². The van der Waals surface area contributed by atoms with Crippen LogP contribution in [0, 0.1) is 6.42 Å². The summed E-state index contributed by atoms with van der Waals surface area (Å²) in [6, 6.07) is 0.801. The highest BCUT2D eigenvalue weighted by atomic mass is 15.2. The van der Waals surface area contributed by atoms with E-state index in [9.17, 15) is 0 Å². The molecule has 0 aliphatic heterocycles. The molecule has 0 bridgehead atoms. The summed E-state index contributed by atoms with van der Waals surface area (Å²) in [7, 11) is 0. The Balaban J connectivity index is 1.83. The van der Waals surface area contributed by atoms with E-state index in [-0.39, 0.29) is 6.04 Å². The summed E-state index contributed by atoms with van der Waals surface area (Å²) in [6.07, 6.45) is 11.5. The predicted molar refractivity (Wildman–Crippen MR) is 73.5 cm³/mol. The summed E-state index contributed by atoms with van der Waals surface area (Å²) in [6.45, 7) is 0. The van der Waals surface area contributed by atoms with Crippen molar-refractivity contribution < 1.29 is 0 Å². The Morgan fingerprint density at radius 3 is 2.95 bits per heavy atom. The number of hydrogen-bond acceptors (Lipinski definition) is 5. The molecule has 1 radical (unpaired) electrons. The summed E-state index contributed by atoms with van der Waals surface area (Å²) < 4.78 is 2.06. The van der Waals surface area contributed by atoms with E-state index in [1.165, 1.54) is 12.8 Å². The monoisotopic (exact) mass is 255 g/mol. The summed E-state index contributed by atoms with van der Waals surface area (Å²) >= 11 is 0. The molecule has 0 amide bonds. The second-order valence-electron chi connectivity index (χ2n) is 5.10. The number of nitrogens with two attached hydrogens (primary N) is 1. The number of rotatable bonds is 3. The normalized spacial score (nSPS) is 22.2. The minimum atomic E-state index is 0.285. The first kappa shape index (κ1) is 10.8. The van der Waals surface area contributed by atoms with E-state index in [0.717, 1.165) is 23.4 Å². The van der Waals surface area contributed by atoms with E-state index in [4.69, 9.17) is 5.73 Å². The Labute approximate surface area is 110 Å². The number of hydrogen-bond donors (Lipinski definition) is 2. The lowest BCUT2D eigenvalue weighted by atomic mass is 10.2. The van der Waals surface area contributed by atoms with Crippen molar-refractivity contribution >= 4 is 22.9 Å². The SMILES string of the molecule is Nc1nc(NC2CC2)c2ncn([C@H]3C=C[CH]C3)c2n1. The van der Waals surface area contributed by atoms with E-state index in [0.29, 0.717) is 12.0 Å². The summed E-state index contributed by atoms with van der Waals surface area (Å²) in [4.78, 5) is 13.1. The molecular formula is C13H15N6. The Kier molecular flexibility index (Phi) is 2.24.